The van der Waals surface area contributed by atoms with Crippen molar-refractivity contribution in [3.05, 3.63) is 22.3 Å². The summed E-state index contributed by atoms with van der Waals surface area (Å²) in [6.45, 7) is 3.69. The third kappa shape index (κ3) is 3.20. The number of esters is 1. The van der Waals surface area contributed by atoms with Crippen LogP contribution in [0.2, 0.25) is 0 Å². The predicted molar refractivity (Wildman–Crippen MR) is 61.8 cm³/mol. The molecule has 0 aromatic carbocycles. The third-order valence-corrected chi connectivity index (χ3v) is 2.80. The normalized spacial score (nSPS) is 12.0. The van der Waals surface area contributed by atoms with E-state index in [4.69, 9.17) is 0 Å². The van der Waals surface area contributed by atoms with Crippen molar-refractivity contribution in [3.63, 3.8) is 0 Å². The zero-order chi connectivity index (χ0) is 11.4. The number of pyridine rings is 1. The van der Waals surface area contributed by atoms with Gasteiger partial charge in [-0.05, 0) is 41.4 Å². The molecule has 0 aliphatic heterocycles. The van der Waals surface area contributed by atoms with Crippen LogP contribution in [0.1, 0.15) is 12.5 Å². The minimum atomic E-state index is -0.400. The van der Waals surface area contributed by atoms with Gasteiger partial charge in [0.2, 0.25) is 0 Å². The van der Waals surface area contributed by atoms with E-state index in [1.165, 1.54) is 7.11 Å². The molecule has 0 aliphatic carbocycles. The highest BCUT2D eigenvalue weighted by atomic mass is 79.9. The maximum atomic E-state index is 11.1. The molecule has 82 valence electrons. The van der Waals surface area contributed by atoms with Gasteiger partial charge in [-0.15, -0.1) is 0 Å². The van der Waals surface area contributed by atoms with Crippen LogP contribution in [0.3, 0.4) is 0 Å². The Morgan fingerprint density at radius 2 is 2.33 bits per heavy atom. The molecule has 1 aromatic heterocycles. The van der Waals surface area contributed by atoms with Crippen molar-refractivity contribution >= 4 is 27.7 Å². The number of ether oxygens (including phenoxy) is 1. The monoisotopic (exact) mass is 272 g/mol. The first-order valence-electron chi connectivity index (χ1n) is 4.51. The van der Waals surface area contributed by atoms with E-state index in [2.05, 4.69) is 31.0 Å². The second-order valence-corrected chi connectivity index (χ2v) is 4.06. The number of anilines is 1. The first kappa shape index (κ1) is 12.0. The van der Waals surface area contributed by atoms with Crippen LogP contribution in [0.4, 0.5) is 5.82 Å². The van der Waals surface area contributed by atoms with Crippen molar-refractivity contribution in [2.75, 3.05) is 12.4 Å². The Morgan fingerprint density at radius 3 is 2.87 bits per heavy atom. The van der Waals surface area contributed by atoms with Crippen LogP contribution in [-0.4, -0.2) is 24.1 Å². The number of aryl methyl sites for hydroxylation is 1. The van der Waals surface area contributed by atoms with E-state index >= 15 is 0 Å². The molecule has 0 saturated heterocycles. The zero-order valence-electron chi connectivity index (χ0n) is 8.87. The standard InChI is InChI=1S/C10H13BrN2O2/c1-6-4-9(12-5-8(6)11)13-7(2)10(14)15-3/h4-5,7H,1-3H3,(H,12,13). The molecule has 4 nitrogen and oxygen atoms in total. The Kier molecular flexibility index (Phi) is 4.08. The lowest BCUT2D eigenvalue weighted by Gasteiger charge is -2.12. The number of nitrogens with one attached hydrogen (secondary N) is 1. The lowest BCUT2D eigenvalue weighted by Crippen LogP contribution is -2.27. The summed E-state index contributed by atoms with van der Waals surface area (Å²) in [5.74, 6) is 0.353. The molecule has 0 bridgehead atoms. The van der Waals surface area contributed by atoms with Gasteiger partial charge >= 0.3 is 5.97 Å². The molecule has 15 heavy (non-hydrogen) atoms. The highest BCUT2D eigenvalue weighted by Gasteiger charge is 2.13. The van der Waals surface area contributed by atoms with Crippen molar-refractivity contribution in [1.82, 2.24) is 4.98 Å². The number of halogens is 1. The fraction of sp³-hybridized carbons (Fsp3) is 0.400. The van der Waals surface area contributed by atoms with Crippen LogP contribution in [0.25, 0.3) is 0 Å². The van der Waals surface area contributed by atoms with E-state index in [1.54, 1.807) is 13.1 Å². The minimum Gasteiger partial charge on any atom is -0.467 e. The van der Waals surface area contributed by atoms with Gasteiger partial charge in [-0.25, -0.2) is 9.78 Å². The lowest BCUT2D eigenvalue weighted by molar-refractivity contribution is -0.141. The summed E-state index contributed by atoms with van der Waals surface area (Å²) >= 11 is 3.36. The van der Waals surface area contributed by atoms with E-state index in [0.717, 1.165) is 10.0 Å². The van der Waals surface area contributed by atoms with Crippen molar-refractivity contribution in [2.24, 2.45) is 0 Å². The molecule has 1 rings (SSSR count). The van der Waals surface area contributed by atoms with Gasteiger partial charge in [0.05, 0.1) is 7.11 Å². The van der Waals surface area contributed by atoms with E-state index in [0.29, 0.717) is 5.82 Å². The number of aromatic nitrogens is 1. The number of hydrogen-bond acceptors (Lipinski definition) is 4. The molecule has 0 fully saturated rings. The van der Waals surface area contributed by atoms with Crippen LogP contribution < -0.4 is 5.32 Å². The molecule has 0 aliphatic rings. The lowest BCUT2D eigenvalue weighted by atomic mass is 10.3. The van der Waals surface area contributed by atoms with Crippen molar-refractivity contribution in [1.29, 1.82) is 0 Å². The highest BCUT2D eigenvalue weighted by molar-refractivity contribution is 9.10. The Hall–Kier alpha value is -1.10. The third-order valence-electron chi connectivity index (χ3n) is 1.97. The van der Waals surface area contributed by atoms with Gasteiger partial charge in [0.1, 0.15) is 11.9 Å². The number of rotatable bonds is 3. The van der Waals surface area contributed by atoms with E-state index in [1.807, 2.05) is 13.0 Å². The first-order chi connectivity index (χ1) is 7.04. The van der Waals surface area contributed by atoms with Crippen LogP contribution in [0.5, 0.6) is 0 Å². The smallest absolute Gasteiger partial charge is 0.328 e. The molecule has 1 heterocycles. The number of carbonyl (C=O) groups excluding carboxylic acids is 1. The average Bonchev–Trinajstić information content (AvgIpc) is 2.22. The zero-order valence-corrected chi connectivity index (χ0v) is 10.5. The molecule has 1 N–H and O–H groups in total. The van der Waals surface area contributed by atoms with E-state index in [-0.39, 0.29) is 5.97 Å². The summed E-state index contributed by atoms with van der Waals surface area (Å²) in [7, 11) is 1.36. The molecule has 0 radical (unpaired) electrons. The second kappa shape index (κ2) is 5.11. The van der Waals surface area contributed by atoms with Gasteiger partial charge < -0.3 is 10.1 Å². The maximum Gasteiger partial charge on any atom is 0.328 e. The van der Waals surface area contributed by atoms with E-state index < -0.39 is 6.04 Å². The Bertz CT molecular complexity index is 368. The Balaban J connectivity index is 2.73. The summed E-state index contributed by atoms with van der Waals surface area (Å²) in [6.07, 6.45) is 1.70. The fourth-order valence-corrected chi connectivity index (χ4v) is 1.29. The van der Waals surface area contributed by atoms with Crippen molar-refractivity contribution < 1.29 is 9.53 Å². The van der Waals surface area contributed by atoms with Crippen LogP contribution in [-0.2, 0) is 9.53 Å². The SMILES string of the molecule is COC(=O)C(C)Nc1cc(C)c(Br)cn1. The summed E-state index contributed by atoms with van der Waals surface area (Å²) < 4.78 is 5.54. The van der Waals surface area contributed by atoms with Crippen molar-refractivity contribution in [2.45, 2.75) is 19.9 Å². The molecular formula is C10H13BrN2O2. The summed E-state index contributed by atoms with van der Waals surface area (Å²) in [5.41, 5.74) is 1.06. The summed E-state index contributed by atoms with van der Waals surface area (Å²) in [6, 6.07) is 1.46. The van der Waals surface area contributed by atoms with Gasteiger partial charge in [0.25, 0.3) is 0 Å². The van der Waals surface area contributed by atoms with Crippen LogP contribution >= 0.6 is 15.9 Å². The summed E-state index contributed by atoms with van der Waals surface area (Å²) in [4.78, 5) is 15.3. The van der Waals surface area contributed by atoms with Crippen LogP contribution in [0, 0.1) is 6.92 Å². The fourth-order valence-electron chi connectivity index (χ4n) is 1.08. The van der Waals surface area contributed by atoms with Crippen molar-refractivity contribution in [3.8, 4) is 0 Å². The molecular weight excluding hydrogens is 260 g/mol. The molecule has 0 spiro atoms. The molecule has 1 atom stereocenters. The molecule has 1 unspecified atom stereocenters. The topological polar surface area (TPSA) is 51.2 Å². The second-order valence-electron chi connectivity index (χ2n) is 3.21. The Labute approximate surface area is 97.2 Å². The molecule has 1 aromatic rings. The van der Waals surface area contributed by atoms with Gasteiger partial charge in [0.15, 0.2) is 0 Å². The Morgan fingerprint density at radius 1 is 1.67 bits per heavy atom. The molecule has 0 saturated carbocycles. The maximum absolute atomic E-state index is 11.1. The molecule has 0 amide bonds. The summed E-state index contributed by atoms with van der Waals surface area (Å²) in [5, 5.41) is 2.95. The van der Waals surface area contributed by atoms with Gasteiger partial charge in [-0.3, -0.25) is 0 Å². The largest absolute Gasteiger partial charge is 0.467 e. The molecule has 5 heteroatoms. The first-order valence-corrected chi connectivity index (χ1v) is 5.30. The number of carbonyl (C=O) groups is 1. The van der Waals surface area contributed by atoms with Gasteiger partial charge in [0, 0.05) is 10.7 Å². The predicted octanol–water partition coefficient (Wildman–Crippen LogP) is 2.13. The van der Waals surface area contributed by atoms with Crippen LogP contribution in [0.15, 0.2) is 16.7 Å². The highest BCUT2D eigenvalue weighted by Crippen LogP contribution is 2.17. The quantitative estimate of drug-likeness (QED) is 0.857. The number of hydrogen-bond donors (Lipinski definition) is 1. The average molecular weight is 273 g/mol. The van der Waals surface area contributed by atoms with Gasteiger partial charge in [-0.1, -0.05) is 0 Å². The number of nitrogens with zero attached hydrogens (tertiary/aromatic N) is 1. The van der Waals surface area contributed by atoms with Gasteiger partial charge in [-0.2, -0.15) is 0 Å². The van der Waals surface area contributed by atoms with E-state index in [9.17, 15) is 4.79 Å². The number of methoxy groups -OCH3 is 1. The minimum absolute atomic E-state index is 0.308.